The third kappa shape index (κ3) is 3.73. The normalized spacial score (nSPS) is 10.8. The Morgan fingerprint density at radius 3 is 2.34 bits per heavy atom. The van der Waals surface area contributed by atoms with Crippen LogP contribution in [0, 0.1) is 6.92 Å². The molecular weight excluding hydrogens is 368 g/mol. The third-order valence-corrected chi connectivity index (χ3v) is 4.64. The molecule has 1 N–H and O–H groups in total. The van der Waals surface area contributed by atoms with E-state index in [0.29, 0.717) is 28.2 Å². The number of ether oxygens (including phenoxy) is 1. The van der Waals surface area contributed by atoms with E-state index in [2.05, 4.69) is 4.98 Å². The summed E-state index contributed by atoms with van der Waals surface area (Å²) in [6, 6.07) is 18.5. The van der Waals surface area contributed by atoms with Crippen molar-refractivity contribution in [3.05, 3.63) is 106 Å². The number of hydrogen-bond donors (Lipinski definition) is 1. The first kappa shape index (κ1) is 18.4. The highest BCUT2D eigenvalue weighted by Gasteiger charge is 2.11. The van der Waals surface area contributed by atoms with Gasteiger partial charge in [-0.15, -0.1) is 0 Å². The van der Waals surface area contributed by atoms with E-state index < -0.39 is 0 Å². The minimum atomic E-state index is -0.166. The van der Waals surface area contributed by atoms with Crippen LogP contribution in [-0.4, -0.2) is 20.3 Å². The van der Waals surface area contributed by atoms with Crippen molar-refractivity contribution < 1.29 is 14.6 Å². The van der Waals surface area contributed by atoms with Gasteiger partial charge in [-0.2, -0.15) is 4.98 Å². The molecule has 144 valence electrons. The number of hydrogen-bond acceptors (Lipinski definition) is 5. The van der Waals surface area contributed by atoms with Crippen molar-refractivity contribution in [2.24, 2.45) is 0 Å². The highest BCUT2D eigenvalue weighted by molar-refractivity contribution is 6.09. The minimum Gasteiger partial charge on any atom is -0.508 e. The Hall–Kier alpha value is -3.93. The highest BCUT2D eigenvalue weighted by Crippen LogP contribution is 2.17. The van der Waals surface area contributed by atoms with Crippen molar-refractivity contribution in [3.8, 4) is 11.6 Å². The largest absolute Gasteiger partial charge is 0.508 e. The second kappa shape index (κ2) is 7.59. The molecule has 2 aromatic carbocycles. The molecule has 0 atom stereocenters. The van der Waals surface area contributed by atoms with Crippen molar-refractivity contribution in [2.45, 2.75) is 13.5 Å². The highest BCUT2D eigenvalue weighted by atomic mass is 16.5. The number of nitrogens with zero attached hydrogens (tertiary/aromatic N) is 2. The van der Waals surface area contributed by atoms with E-state index >= 15 is 0 Å². The first-order valence-electron chi connectivity index (χ1n) is 9.06. The topological polar surface area (TPSA) is 80.9 Å². The first-order chi connectivity index (χ1) is 14.0. The van der Waals surface area contributed by atoms with Gasteiger partial charge >= 0.3 is 0 Å². The van der Waals surface area contributed by atoms with Crippen LogP contribution < -0.4 is 10.3 Å². The van der Waals surface area contributed by atoms with Gasteiger partial charge in [-0.25, -0.2) is 0 Å². The summed E-state index contributed by atoms with van der Waals surface area (Å²) in [5.41, 5.74) is 2.68. The number of carbonyl (C=O) groups is 1. The number of rotatable bonds is 5. The molecule has 4 rings (SSSR count). The van der Waals surface area contributed by atoms with Crippen LogP contribution in [0.5, 0.6) is 11.6 Å². The lowest BCUT2D eigenvalue weighted by Gasteiger charge is -2.10. The van der Waals surface area contributed by atoms with Gasteiger partial charge < -0.3 is 9.84 Å². The Balaban J connectivity index is 1.50. The zero-order valence-electron chi connectivity index (χ0n) is 15.7. The van der Waals surface area contributed by atoms with Crippen LogP contribution in [0.1, 0.15) is 27.0 Å². The van der Waals surface area contributed by atoms with Crippen molar-refractivity contribution in [1.29, 1.82) is 0 Å². The molecule has 2 aromatic heterocycles. The summed E-state index contributed by atoms with van der Waals surface area (Å²) < 4.78 is 7.25. The van der Waals surface area contributed by atoms with Crippen LogP contribution in [-0.2, 0) is 6.61 Å². The smallest absolute Gasteiger partial charge is 0.264 e. The van der Waals surface area contributed by atoms with Crippen LogP contribution in [0.3, 0.4) is 0 Å². The lowest BCUT2D eigenvalue weighted by Crippen LogP contribution is -2.19. The maximum Gasteiger partial charge on any atom is 0.264 e. The van der Waals surface area contributed by atoms with Crippen LogP contribution in [0.4, 0.5) is 0 Å². The van der Waals surface area contributed by atoms with Crippen molar-refractivity contribution >= 4 is 11.4 Å². The molecule has 0 saturated heterocycles. The molecule has 0 bridgehead atoms. The molecule has 0 aliphatic heterocycles. The molecule has 6 nitrogen and oxygen atoms in total. The van der Waals surface area contributed by atoms with Crippen LogP contribution >= 0.6 is 0 Å². The quantitative estimate of drug-likeness (QED) is 0.531. The predicted molar refractivity (Wildman–Crippen MR) is 109 cm³/mol. The van der Waals surface area contributed by atoms with E-state index in [1.165, 1.54) is 16.5 Å². The zero-order valence-corrected chi connectivity index (χ0v) is 15.7. The molecule has 0 radical (unpaired) electrons. The van der Waals surface area contributed by atoms with Crippen molar-refractivity contribution in [1.82, 2.24) is 9.38 Å². The Kier molecular flexibility index (Phi) is 4.83. The van der Waals surface area contributed by atoms with Gasteiger partial charge in [-0.05, 0) is 48.9 Å². The van der Waals surface area contributed by atoms with E-state index in [1.807, 2.05) is 6.07 Å². The van der Waals surface area contributed by atoms with Gasteiger partial charge in [0, 0.05) is 17.3 Å². The van der Waals surface area contributed by atoms with Crippen LogP contribution in [0.2, 0.25) is 0 Å². The monoisotopic (exact) mass is 386 g/mol. The number of aromatic hydroxyl groups is 1. The predicted octanol–water partition coefficient (Wildman–Crippen LogP) is 3.52. The number of aromatic nitrogens is 2. The molecule has 29 heavy (non-hydrogen) atoms. The minimum absolute atomic E-state index is 0.117. The summed E-state index contributed by atoms with van der Waals surface area (Å²) in [5, 5.41) is 9.34. The standard InChI is InChI=1S/C23H18N2O4/c1-15-22(24-20-4-2-3-13-25(20)23(15)28)29-14-16-5-7-17(8-6-16)21(27)18-9-11-19(26)12-10-18/h2-13,26H,14H2,1H3. The number of benzene rings is 2. The number of ketones is 1. The molecule has 6 heteroatoms. The molecule has 0 amide bonds. The van der Waals surface area contributed by atoms with Gasteiger partial charge in [0.1, 0.15) is 18.0 Å². The van der Waals surface area contributed by atoms with E-state index in [4.69, 9.17) is 4.74 Å². The number of fused-ring (bicyclic) bond motifs is 1. The Morgan fingerprint density at radius 2 is 1.66 bits per heavy atom. The van der Waals surface area contributed by atoms with E-state index in [9.17, 15) is 14.7 Å². The van der Waals surface area contributed by atoms with Gasteiger partial charge in [-0.3, -0.25) is 14.0 Å². The molecular formula is C23H18N2O4. The summed E-state index contributed by atoms with van der Waals surface area (Å²) >= 11 is 0. The number of pyridine rings is 1. The first-order valence-corrected chi connectivity index (χ1v) is 9.06. The van der Waals surface area contributed by atoms with Gasteiger partial charge in [0.05, 0.1) is 5.56 Å². The number of carbonyl (C=O) groups excluding carboxylic acids is 1. The molecule has 0 saturated carbocycles. The van der Waals surface area contributed by atoms with E-state index in [1.54, 1.807) is 61.7 Å². The second-order valence-corrected chi connectivity index (χ2v) is 6.64. The summed E-state index contributed by atoms with van der Waals surface area (Å²) in [5.74, 6) is 0.286. The Morgan fingerprint density at radius 1 is 1.00 bits per heavy atom. The molecule has 2 heterocycles. The van der Waals surface area contributed by atoms with Crippen LogP contribution in [0.25, 0.3) is 5.65 Å². The summed E-state index contributed by atoms with van der Waals surface area (Å²) in [6.45, 7) is 1.91. The lowest BCUT2D eigenvalue weighted by molar-refractivity contribution is 0.103. The second-order valence-electron chi connectivity index (χ2n) is 6.64. The summed E-state index contributed by atoms with van der Waals surface area (Å²) in [6.07, 6.45) is 1.67. The maximum atomic E-state index is 12.5. The number of phenols is 1. The van der Waals surface area contributed by atoms with Gasteiger partial charge in [0.2, 0.25) is 5.88 Å². The fraction of sp³-hybridized carbons (Fsp3) is 0.0870. The molecule has 0 spiro atoms. The van der Waals surface area contributed by atoms with Gasteiger partial charge in [0.15, 0.2) is 5.78 Å². The maximum absolute atomic E-state index is 12.5. The van der Waals surface area contributed by atoms with E-state index in [0.717, 1.165) is 5.56 Å². The third-order valence-electron chi connectivity index (χ3n) is 4.64. The van der Waals surface area contributed by atoms with Crippen molar-refractivity contribution in [2.75, 3.05) is 0 Å². The Bertz CT molecular complexity index is 1240. The average molecular weight is 386 g/mol. The molecule has 4 aromatic rings. The summed E-state index contributed by atoms with van der Waals surface area (Å²) in [4.78, 5) is 29.3. The van der Waals surface area contributed by atoms with Crippen molar-refractivity contribution in [3.63, 3.8) is 0 Å². The Labute approximate surface area is 166 Å². The van der Waals surface area contributed by atoms with Gasteiger partial charge in [-0.1, -0.05) is 30.3 Å². The fourth-order valence-corrected chi connectivity index (χ4v) is 2.98. The molecule has 0 fully saturated rings. The molecule has 0 unspecified atom stereocenters. The summed E-state index contributed by atoms with van der Waals surface area (Å²) in [7, 11) is 0. The molecule has 0 aliphatic carbocycles. The van der Waals surface area contributed by atoms with E-state index in [-0.39, 0.29) is 23.7 Å². The lowest BCUT2D eigenvalue weighted by atomic mass is 10.0. The SMILES string of the molecule is Cc1c(OCc2ccc(C(=O)c3ccc(O)cc3)cc2)nc2ccccn2c1=O. The van der Waals surface area contributed by atoms with Crippen LogP contribution in [0.15, 0.2) is 77.7 Å². The molecule has 0 aliphatic rings. The van der Waals surface area contributed by atoms with Gasteiger partial charge in [0.25, 0.3) is 5.56 Å². The number of phenolic OH excluding ortho intramolecular Hbond substituents is 1. The zero-order chi connectivity index (χ0) is 20.4. The average Bonchev–Trinajstić information content (AvgIpc) is 2.76. The fourth-order valence-electron chi connectivity index (χ4n) is 2.98.